The van der Waals surface area contributed by atoms with E-state index in [0.717, 1.165) is 12.8 Å². The second kappa shape index (κ2) is 5.15. The minimum absolute atomic E-state index is 0.410. The molecule has 6 nitrogen and oxygen atoms in total. The molecule has 0 radical (unpaired) electrons. The van der Waals surface area contributed by atoms with Crippen molar-refractivity contribution < 1.29 is 0 Å². The minimum atomic E-state index is 0.410. The maximum atomic E-state index is 6.15. The molecule has 0 aromatic carbocycles. The van der Waals surface area contributed by atoms with Crippen molar-refractivity contribution >= 4 is 40.8 Å². The molecular weight excluding hydrogens is 307 g/mol. The standard InChI is InChI=1S/C10H10Cl2N6S/c1-13-8-6(11)4-7(12)9(14-8)19-10-15-16-17-18(10)5-2-3-5/h4-5H,2-3H2,1H3,(H,13,14). The summed E-state index contributed by atoms with van der Waals surface area (Å²) in [6.45, 7) is 0. The third kappa shape index (κ3) is 2.63. The van der Waals surface area contributed by atoms with E-state index in [0.29, 0.717) is 32.1 Å². The van der Waals surface area contributed by atoms with Crippen LogP contribution in [0.5, 0.6) is 0 Å². The predicted molar refractivity (Wildman–Crippen MR) is 74.0 cm³/mol. The quantitative estimate of drug-likeness (QED) is 0.935. The van der Waals surface area contributed by atoms with E-state index in [4.69, 9.17) is 23.2 Å². The van der Waals surface area contributed by atoms with Crippen molar-refractivity contribution in [3.8, 4) is 0 Å². The van der Waals surface area contributed by atoms with Gasteiger partial charge in [-0.15, -0.1) is 5.10 Å². The second-order valence-corrected chi connectivity index (χ2v) is 5.87. The van der Waals surface area contributed by atoms with E-state index >= 15 is 0 Å². The van der Waals surface area contributed by atoms with Crippen LogP contribution in [-0.4, -0.2) is 32.2 Å². The number of nitrogens with one attached hydrogen (secondary N) is 1. The third-order valence-corrected chi connectivity index (χ3v) is 4.32. The summed E-state index contributed by atoms with van der Waals surface area (Å²) in [5.41, 5.74) is 0. The largest absolute Gasteiger partial charge is 0.372 e. The van der Waals surface area contributed by atoms with E-state index in [1.807, 2.05) is 4.68 Å². The Kier molecular flexibility index (Phi) is 3.51. The number of pyridine rings is 1. The Labute approximate surface area is 123 Å². The van der Waals surface area contributed by atoms with E-state index < -0.39 is 0 Å². The summed E-state index contributed by atoms with van der Waals surface area (Å²) in [5.74, 6) is 0.582. The second-order valence-electron chi connectivity index (χ2n) is 4.10. The van der Waals surface area contributed by atoms with Gasteiger partial charge < -0.3 is 5.32 Å². The van der Waals surface area contributed by atoms with Crippen LogP contribution in [0.1, 0.15) is 18.9 Å². The zero-order valence-corrected chi connectivity index (χ0v) is 12.3. The van der Waals surface area contributed by atoms with Crippen LogP contribution in [0.3, 0.4) is 0 Å². The van der Waals surface area contributed by atoms with Crippen molar-refractivity contribution in [1.82, 2.24) is 25.2 Å². The highest BCUT2D eigenvalue weighted by Gasteiger charge is 2.28. The average Bonchev–Trinajstić information content (AvgIpc) is 3.13. The lowest BCUT2D eigenvalue weighted by Crippen LogP contribution is -2.00. The van der Waals surface area contributed by atoms with Crippen LogP contribution in [0, 0.1) is 0 Å². The molecule has 1 N–H and O–H groups in total. The molecule has 0 unspecified atom stereocenters. The van der Waals surface area contributed by atoms with Crippen LogP contribution in [0.4, 0.5) is 5.82 Å². The highest BCUT2D eigenvalue weighted by molar-refractivity contribution is 7.99. The van der Waals surface area contributed by atoms with Crippen LogP contribution < -0.4 is 5.32 Å². The van der Waals surface area contributed by atoms with Gasteiger partial charge in [0.25, 0.3) is 0 Å². The first kappa shape index (κ1) is 13.0. The molecule has 2 aromatic heterocycles. The fraction of sp³-hybridized carbons (Fsp3) is 0.400. The van der Waals surface area contributed by atoms with Gasteiger partial charge in [0.2, 0.25) is 5.16 Å². The van der Waals surface area contributed by atoms with Gasteiger partial charge in [-0.3, -0.25) is 0 Å². The first-order chi connectivity index (χ1) is 9.19. The van der Waals surface area contributed by atoms with Crippen LogP contribution in [0.2, 0.25) is 10.0 Å². The molecule has 0 spiro atoms. The fourth-order valence-electron chi connectivity index (χ4n) is 1.58. The molecule has 2 heterocycles. The Hall–Kier alpha value is -1.05. The van der Waals surface area contributed by atoms with Crippen LogP contribution in [0.25, 0.3) is 0 Å². The molecule has 0 atom stereocenters. The number of hydrogen-bond acceptors (Lipinski definition) is 6. The first-order valence-corrected chi connectivity index (χ1v) is 7.26. The van der Waals surface area contributed by atoms with Crippen molar-refractivity contribution in [2.24, 2.45) is 0 Å². The molecule has 1 fully saturated rings. The number of tetrazole rings is 1. The highest BCUT2D eigenvalue weighted by atomic mass is 35.5. The highest BCUT2D eigenvalue weighted by Crippen LogP contribution is 2.39. The van der Waals surface area contributed by atoms with Crippen molar-refractivity contribution in [2.75, 3.05) is 12.4 Å². The van der Waals surface area contributed by atoms with Gasteiger partial charge in [-0.05, 0) is 41.1 Å². The molecule has 0 aliphatic heterocycles. The van der Waals surface area contributed by atoms with Gasteiger partial charge in [0.15, 0.2) is 0 Å². The van der Waals surface area contributed by atoms with E-state index in [9.17, 15) is 0 Å². The monoisotopic (exact) mass is 316 g/mol. The maximum absolute atomic E-state index is 6.15. The Morgan fingerprint density at radius 3 is 2.84 bits per heavy atom. The summed E-state index contributed by atoms with van der Waals surface area (Å²) in [4.78, 5) is 4.37. The maximum Gasteiger partial charge on any atom is 0.215 e. The molecule has 1 saturated carbocycles. The Morgan fingerprint density at radius 2 is 2.16 bits per heavy atom. The van der Waals surface area contributed by atoms with E-state index in [1.54, 1.807) is 13.1 Å². The Morgan fingerprint density at radius 1 is 1.37 bits per heavy atom. The molecule has 19 heavy (non-hydrogen) atoms. The summed E-state index contributed by atoms with van der Waals surface area (Å²) in [5, 5.41) is 16.9. The average molecular weight is 317 g/mol. The number of rotatable bonds is 4. The molecule has 0 bridgehead atoms. The molecular formula is C10H10Cl2N6S. The summed E-state index contributed by atoms with van der Waals surface area (Å²) in [6.07, 6.45) is 2.23. The molecule has 9 heteroatoms. The van der Waals surface area contributed by atoms with Crippen molar-refractivity contribution in [2.45, 2.75) is 29.1 Å². The Balaban J connectivity index is 1.92. The molecule has 0 amide bonds. The van der Waals surface area contributed by atoms with Gasteiger partial charge in [-0.2, -0.15) is 0 Å². The van der Waals surface area contributed by atoms with Crippen molar-refractivity contribution in [3.63, 3.8) is 0 Å². The SMILES string of the molecule is CNc1nc(Sc2nnnn2C2CC2)c(Cl)cc1Cl. The van der Waals surface area contributed by atoms with E-state index in [1.165, 1.54) is 11.8 Å². The van der Waals surface area contributed by atoms with Crippen LogP contribution in [-0.2, 0) is 0 Å². The fourth-order valence-corrected chi connectivity index (χ4v) is 2.98. The van der Waals surface area contributed by atoms with Crippen LogP contribution in [0.15, 0.2) is 16.2 Å². The van der Waals surface area contributed by atoms with Gasteiger partial charge in [-0.1, -0.05) is 23.2 Å². The van der Waals surface area contributed by atoms with Crippen molar-refractivity contribution in [1.29, 1.82) is 0 Å². The van der Waals surface area contributed by atoms with E-state index in [2.05, 4.69) is 25.8 Å². The smallest absolute Gasteiger partial charge is 0.215 e. The zero-order valence-electron chi connectivity index (χ0n) is 9.97. The number of anilines is 1. The van der Waals surface area contributed by atoms with E-state index in [-0.39, 0.29) is 0 Å². The zero-order chi connectivity index (χ0) is 13.4. The molecule has 0 saturated heterocycles. The van der Waals surface area contributed by atoms with Gasteiger partial charge in [0.05, 0.1) is 16.1 Å². The summed E-state index contributed by atoms with van der Waals surface area (Å²) < 4.78 is 1.82. The van der Waals surface area contributed by atoms with Gasteiger partial charge in [0.1, 0.15) is 10.8 Å². The minimum Gasteiger partial charge on any atom is -0.372 e. The van der Waals surface area contributed by atoms with Gasteiger partial charge in [0, 0.05) is 7.05 Å². The summed E-state index contributed by atoms with van der Waals surface area (Å²) in [7, 11) is 1.75. The van der Waals surface area contributed by atoms with Crippen LogP contribution >= 0.6 is 35.0 Å². The number of nitrogens with zero attached hydrogens (tertiary/aromatic N) is 5. The Bertz CT molecular complexity index is 612. The topological polar surface area (TPSA) is 68.5 Å². The lowest BCUT2D eigenvalue weighted by atomic mass is 10.4. The lowest BCUT2D eigenvalue weighted by molar-refractivity contribution is 0.565. The molecule has 1 aliphatic carbocycles. The van der Waals surface area contributed by atoms with Gasteiger partial charge >= 0.3 is 0 Å². The number of hydrogen-bond donors (Lipinski definition) is 1. The molecule has 2 aromatic rings. The molecule has 1 aliphatic rings. The predicted octanol–water partition coefficient (Wildman–Crippen LogP) is 2.90. The first-order valence-electron chi connectivity index (χ1n) is 5.68. The lowest BCUT2D eigenvalue weighted by Gasteiger charge is -2.07. The third-order valence-electron chi connectivity index (χ3n) is 2.68. The number of aromatic nitrogens is 5. The molecule has 3 rings (SSSR count). The normalized spacial score (nSPS) is 14.7. The van der Waals surface area contributed by atoms with Gasteiger partial charge in [-0.25, -0.2) is 9.67 Å². The van der Waals surface area contributed by atoms with Crippen molar-refractivity contribution in [3.05, 3.63) is 16.1 Å². The summed E-state index contributed by atoms with van der Waals surface area (Å²) in [6, 6.07) is 2.07. The molecule has 100 valence electrons. The summed E-state index contributed by atoms with van der Waals surface area (Å²) >= 11 is 13.5. The number of halogens is 2.